The Hall–Kier alpha value is -0.830. The first-order valence-electron chi connectivity index (χ1n) is 3.91. The molecule has 62 valence electrons. The molecule has 1 heterocycles. The fraction of sp³-hybridized carbons (Fsp3) is 0.625. The Morgan fingerprint density at radius 1 is 1.73 bits per heavy atom. The van der Waals surface area contributed by atoms with Gasteiger partial charge in [0.05, 0.1) is 6.33 Å². The summed E-state index contributed by atoms with van der Waals surface area (Å²) in [5, 5.41) is 0. The molecular weight excluding hydrogens is 138 g/mol. The average molecular weight is 153 g/mol. The van der Waals surface area contributed by atoms with Crippen molar-refractivity contribution in [3.8, 4) is 0 Å². The van der Waals surface area contributed by atoms with Crippen molar-refractivity contribution in [1.82, 2.24) is 9.55 Å². The van der Waals surface area contributed by atoms with Gasteiger partial charge in [0.15, 0.2) is 0 Å². The topological polar surface area (TPSA) is 43.8 Å². The number of aromatic nitrogens is 2. The van der Waals surface area contributed by atoms with Crippen molar-refractivity contribution in [3.05, 3.63) is 18.2 Å². The quantitative estimate of drug-likeness (QED) is 0.694. The van der Waals surface area contributed by atoms with E-state index in [4.69, 9.17) is 5.73 Å². The maximum absolute atomic E-state index is 5.63. The van der Waals surface area contributed by atoms with Crippen LogP contribution in [-0.2, 0) is 13.5 Å². The van der Waals surface area contributed by atoms with Crippen LogP contribution in [0.1, 0.15) is 19.0 Å². The molecule has 0 bridgehead atoms. The molecule has 0 aliphatic carbocycles. The zero-order valence-corrected chi connectivity index (χ0v) is 7.12. The minimum Gasteiger partial charge on any atom is -0.338 e. The van der Waals surface area contributed by atoms with Crippen molar-refractivity contribution in [2.75, 3.05) is 0 Å². The third-order valence-electron chi connectivity index (χ3n) is 1.77. The molecule has 0 aliphatic heterocycles. The highest BCUT2D eigenvalue weighted by Gasteiger charge is 1.99. The van der Waals surface area contributed by atoms with E-state index in [-0.39, 0.29) is 6.04 Å². The van der Waals surface area contributed by atoms with E-state index in [0.717, 1.165) is 12.8 Å². The van der Waals surface area contributed by atoms with E-state index in [1.807, 2.05) is 31.1 Å². The Balaban J connectivity index is 2.44. The van der Waals surface area contributed by atoms with Crippen LogP contribution in [0, 0.1) is 0 Å². The van der Waals surface area contributed by atoms with Gasteiger partial charge < -0.3 is 10.3 Å². The SMILES string of the molecule is C[C@@H](N)CCc1cncn1C. The van der Waals surface area contributed by atoms with Crippen molar-refractivity contribution in [1.29, 1.82) is 0 Å². The summed E-state index contributed by atoms with van der Waals surface area (Å²) in [7, 11) is 2.00. The molecule has 0 aromatic carbocycles. The molecule has 1 atom stereocenters. The van der Waals surface area contributed by atoms with Crippen LogP contribution in [0.3, 0.4) is 0 Å². The third-order valence-corrected chi connectivity index (χ3v) is 1.77. The number of hydrogen-bond acceptors (Lipinski definition) is 2. The molecule has 0 saturated carbocycles. The summed E-state index contributed by atoms with van der Waals surface area (Å²) < 4.78 is 2.03. The number of nitrogens with two attached hydrogens (primary N) is 1. The average Bonchev–Trinajstić information content (AvgIpc) is 2.31. The molecule has 0 saturated heterocycles. The summed E-state index contributed by atoms with van der Waals surface area (Å²) in [5.41, 5.74) is 6.88. The molecule has 1 rings (SSSR count). The van der Waals surface area contributed by atoms with Crippen molar-refractivity contribution >= 4 is 0 Å². The zero-order chi connectivity index (χ0) is 8.27. The van der Waals surface area contributed by atoms with Gasteiger partial charge in [0, 0.05) is 25.0 Å². The van der Waals surface area contributed by atoms with E-state index in [9.17, 15) is 0 Å². The molecule has 1 aromatic rings. The first-order chi connectivity index (χ1) is 5.20. The zero-order valence-electron chi connectivity index (χ0n) is 7.12. The lowest BCUT2D eigenvalue weighted by Crippen LogP contribution is -2.15. The summed E-state index contributed by atoms with van der Waals surface area (Å²) in [6.07, 6.45) is 5.76. The number of imidazole rings is 1. The van der Waals surface area contributed by atoms with Gasteiger partial charge in [0.2, 0.25) is 0 Å². The predicted molar refractivity (Wildman–Crippen MR) is 45.2 cm³/mol. The van der Waals surface area contributed by atoms with Gasteiger partial charge >= 0.3 is 0 Å². The standard InChI is InChI=1S/C8H15N3/c1-7(9)3-4-8-5-10-6-11(8)2/h5-7H,3-4,9H2,1-2H3/t7-/m1/s1. The predicted octanol–water partition coefficient (Wildman–Crippen LogP) is 0.700. The van der Waals surface area contributed by atoms with E-state index < -0.39 is 0 Å². The van der Waals surface area contributed by atoms with Gasteiger partial charge in [-0.1, -0.05) is 0 Å². The third kappa shape index (κ3) is 2.35. The van der Waals surface area contributed by atoms with Crippen molar-refractivity contribution in [2.24, 2.45) is 12.8 Å². The molecule has 0 spiro atoms. The molecule has 3 heteroatoms. The molecule has 0 aliphatic rings. The van der Waals surface area contributed by atoms with Gasteiger partial charge in [-0.3, -0.25) is 0 Å². The number of hydrogen-bond donors (Lipinski definition) is 1. The van der Waals surface area contributed by atoms with Gasteiger partial charge in [-0.15, -0.1) is 0 Å². The molecule has 11 heavy (non-hydrogen) atoms. The smallest absolute Gasteiger partial charge is 0.0945 e. The first-order valence-corrected chi connectivity index (χ1v) is 3.91. The van der Waals surface area contributed by atoms with E-state index in [0.29, 0.717) is 0 Å². The van der Waals surface area contributed by atoms with Crippen LogP contribution in [0.4, 0.5) is 0 Å². The second-order valence-corrected chi connectivity index (χ2v) is 3.01. The summed E-state index contributed by atoms with van der Waals surface area (Å²) >= 11 is 0. The molecular formula is C8H15N3. The van der Waals surface area contributed by atoms with E-state index in [1.54, 1.807) is 0 Å². The lowest BCUT2D eigenvalue weighted by atomic mass is 10.1. The molecule has 2 N–H and O–H groups in total. The van der Waals surface area contributed by atoms with Gasteiger partial charge in [-0.2, -0.15) is 0 Å². The maximum atomic E-state index is 5.63. The minimum atomic E-state index is 0.282. The monoisotopic (exact) mass is 153 g/mol. The van der Waals surface area contributed by atoms with Crippen LogP contribution in [0.2, 0.25) is 0 Å². The van der Waals surface area contributed by atoms with Crippen LogP contribution < -0.4 is 5.73 Å². The summed E-state index contributed by atoms with van der Waals surface area (Å²) in [6.45, 7) is 2.02. The Bertz CT molecular complexity index is 215. The highest BCUT2D eigenvalue weighted by Crippen LogP contribution is 2.01. The van der Waals surface area contributed by atoms with Crippen LogP contribution in [0.15, 0.2) is 12.5 Å². The lowest BCUT2D eigenvalue weighted by molar-refractivity contribution is 0.644. The largest absolute Gasteiger partial charge is 0.338 e. The van der Waals surface area contributed by atoms with Gasteiger partial charge in [0.25, 0.3) is 0 Å². The summed E-state index contributed by atoms with van der Waals surface area (Å²) in [6, 6.07) is 0.282. The number of aryl methyl sites for hydroxylation is 2. The first kappa shape index (κ1) is 8.27. The van der Waals surface area contributed by atoms with Crippen LogP contribution in [0.5, 0.6) is 0 Å². The van der Waals surface area contributed by atoms with Gasteiger partial charge in [-0.05, 0) is 19.8 Å². The molecule has 0 fully saturated rings. The molecule has 0 radical (unpaired) electrons. The van der Waals surface area contributed by atoms with Crippen LogP contribution in [0.25, 0.3) is 0 Å². The lowest BCUT2D eigenvalue weighted by Gasteiger charge is -2.04. The molecule has 0 unspecified atom stereocenters. The fourth-order valence-corrected chi connectivity index (χ4v) is 1.00. The summed E-state index contributed by atoms with van der Waals surface area (Å²) in [4.78, 5) is 4.02. The fourth-order valence-electron chi connectivity index (χ4n) is 1.00. The molecule has 0 amide bonds. The van der Waals surface area contributed by atoms with E-state index in [1.165, 1.54) is 5.69 Å². The normalized spacial score (nSPS) is 13.4. The van der Waals surface area contributed by atoms with Gasteiger partial charge in [-0.25, -0.2) is 4.98 Å². The van der Waals surface area contributed by atoms with Crippen molar-refractivity contribution in [3.63, 3.8) is 0 Å². The molecule has 3 nitrogen and oxygen atoms in total. The Kier molecular flexibility index (Phi) is 2.65. The highest BCUT2D eigenvalue weighted by molar-refractivity contribution is 4.97. The Labute approximate surface area is 67.2 Å². The second kappa shape index (κ2) is 3.53. The Morgan fingerprint density at radius 3 is 2.91 bits per heavy atom. The number of rotatable bonds is 3. The van der Waals surface area contributed by atoms with E-state index >= 15 is 0 Å². The minimum absolute atomic E-state index is 0.282. The molecule has 1 aromatic heterocycles. The second-order valence-electron chi connectivity index (χ2n) is 3.01. The van der Waals surface area contributed by atoms with Crippen LogP contribution >= 0.6 is 0 Å². The maximum Gasteiger partial charge on any atom is 0.0945 e. The summed E-state index contributed by atoms with van der Waals surface area (Å²) in [5.74, 6) is 0. The van der Waals surface area contributed by atoms with Crippen LogP contribution in [-0.4, -0.2) is 15.6 Å². The van der Waals surface area contributed by atoms with Crippen molar-refractivity contribution < 1.29 is 0 Å². The Morgan fingerprint density at radius 2 is 2.45 bits per heavy atom. The van der Waals surface area contributed by atoms with Crippen molar-refractivity contribution in [2.45, 2.75) is 25.8 Å². The van der Waals surface area contributed by atoms with E-state index in [2.05, 4.69) is 4.98 Å². The highest BCUT2D eigenvalue weighted by atomic mass is 15.0. The van der Waals surface area contributed by atoms with Gasteiger partial charge in [0.1, 0.15) is 0 Å². The number of nitrogens with zero attached hydrogens (tertiary/aromatic N) is 2.